The zero-order valence-corrected chi connectivity index (χ0v) is 10.9. The van der Waals surface area contributed by atoms with Gasteiger partial charge < -0.3 is 10.1 Å². The van der Waals surface area contributed by atoms with E-state index in [4.69, 9.17) is 4.74 Å². The van der Waals surface area contributed by atoms with Crippen LogP contribution in [0.15, 0.2) is 12.2 Å². The van der Waals surface area contributed by atoms with Gasteiger partial charge in [0.05, 0.1) is 6.61 Å². The fourth-order valence-electron chi connectivity index (χ4n) is 2.27. The van der Waals surface area contributed by atoms with E-state index in [0.717, 1.165) is 19.1 Å². The largest absolute Gasteiger partial charge is 0.383 e. The van der Waals surface area contributed by atoms with Crippen molar-refractivity contribution < 1.29 is 4.74 Å². The fraction of sp³-hybridized carbons (Fsp3) is 0.857. The van der Waals surface area contributed by atoms with Crippen molar-refractivity contribution >= 4 is 0 Å². The zero-order chi connectivity index (χ0) is 11.6. The summed E-state index contributed by atoms with van der Waals surface area (Å²) in [5, 5.41) is 3.67. The molecule has 2 unspecified atom stereocenters. The third kappa shape index (κ3) is 5.66. The van der Waals surface area contributed by atoms with Crippen LogP contribution in [0, 0.1) is 5.92 Å². The van der Waals surface area contributed by atoms with Crippen LogP contribution in [0.4, 0.5) is 0 Å². The van der Waals surface area contributed by atoms with Crippen molar-refractivity contribution in [2.24, 2.45) is 5.92 Å². The molecule has 1 N–H and O–H groups in total. The minimum absolute atomic E-state index is 0.552. The first-order valence-corrected chi connectivity index (χ1v) is 6.74. The van der Waals surface area contributed by atoms with Crippen molar-refractivity contribution in [3.63, 3.8) is 0 Å². The van der Waals surface area contributed by atoms with Crippen LogP contribution < -0.4 is 5.32 Å². The topological polar surface area (TPSA) is 21.3 Å². The molecule has 0 aromatic heterocycles. The number of unbranched alkanes of at least 4 members (excludes halogenated alkanes) is 1. The van der Waals surface area contributed by atoms with Gasteiger partial charge in [0.1, 0.15) is 0 Å². The minimum atomic E-state index is 0.552. The van der Waals surface area contributed by atoms with Crippen LogP contribution in [-0.4, -0.2) is 26.3 Å². The number of ether oxygens (including phenoxy) is 1. The highest BCUT2D eigenvalue weighted by molar-refractivity contribution is 4.90. The van der Waals surface area contributed by atoms with Crippen LogP contribution in [0.1, 0.15) is 45.4 Å². The molecule has 0 radical (unpaired) electrons. The van der Waals surface area contributed by atoms with Crippen molar-refractivity contribution in [3.8, 4) is 0 Å². The normalized spacial score (nSPS) is 22.2. The first-order chi connectivity index (χ1) is 7.86. The van der Waals surface area contributed by atoms with Gasteiger partial charge in [-0.15, -0.1) is 0 Å². The summed E-state index contributed by atoms with van der Waals surface area (Å²) in [5.74, 6) is 0.839. The maximum Gasteiger partial charge on any atom is 0.0615 e. The maximum atomic E-state index is 5.26. The molecule has 16 heavy (non-hydrogen) atoms. The van der Waals surface area contributed by atoms with Gasteiger partial charge in [-0.2, -0.15) is 0 Å². The summed E-state index contributed by atoms with van der Waals surface area (Å²) in [6, 6.07) is 0.552. The molecule has 2 atom stereocenters. The summed E-state index contributed by atoms with van der Waals surface area (Å²) < 4.78 is 5.26. The molecule has 0 heterocycles. The summed E-state index contributed by atoms with van der Waals surface area (Å²) >= 11 is 0. The second-order valence-electron chi connectivity index (χ2n) is 4.85. The number of hydrogen-bond donors (Lipinski definition) is 1. The third-order valence-electron chi connectivity index (χ3n) is 3.35. The number of hydrogen-bond acceptors (Lipinski definition) is 2. The standard InChI is InChI=1S/C14H27NO/c1-3-4-10-14(12-16-2)15-11-13-8-6-5-7-9-13/h5-6,13-15H,3-4,7-12H2,1-2H3. The van der Waals surface area contributed by atoms with Crippen LogP contribution in [0.3, 0.4) is 0 Å². The van der Waals surface area contributed by atoms with Crippen LogP contribution in [-0.2, 0) is 4.74 Å². The molecule has 2 nitrogen and oxygen atoms in total. The molecule has 0 aromatic carbocycles. The Morgan fingerprint density at radius 1 is 1.44 bits per heavy atom. The van der Waals surface area contributed by atoms with E-state index in [1.54, 1.807) is 7.11 Å². The maximum absolute atomic E-state index is 5.26. The van der Waals surface area contributed by atoms with E-state index >= 15 is 0 Å². The van der Waals surface area contributed by atoms with Gasteiger partial charge in [0.15, 0.2) is 0 Å². The van der Waals surface area contributed by atoms with Crippen molar-refractivity contribution in [1.82, 2.24) is 5.32 Å². The van der Waals surface area contributed by atoms with Crippen LogP contribution >= 0.6 is 0 Å². The molecule has 0 saturated heterocycles. The Bertz CT molecular complexity index is 191. The zero-order valence-electron chi connectivity index (χ0n) is 10.9. The lowest BCUT2D eigenvalue weighted by Gasteiger charge is -2.23. The second kappa shape index (κ2) is 8.77. The highest BCUT2D eigenvalue weighted by Crippen LogP contribution is 2.17. The van der Waals surface area contributed by atoms with E-state index < -0.39 is 0 Å². The average Bonchev–Trinajstić information content (AvgIpc) is 2.34. The highest BCUT2D eigenvalue weighted by Gasteiger charge is 2.13. The van der Waals surface area contributed by atoms with Gasteiger partial charge in [-0.3, -0.25) is 0 Å². The van der Waals surface area contributed by atoms with E-state index in [0.29, 0.717) is 6.04 Å². The lowest BCUT2D eigenvalue weighted by atomic mass is 9.94. The van der Waals surface area contributed by atoms with E-state index in [-0.39, 0.29) is 0 Å². The smallest absolute Gasteiger partial charge is 0.0615 e. The molecule has 0 bridgehead atoms. The molecule has 0 amide bonds. The van der Waals surface area contributed by atoms with Gasteiger partial charge in [-0.05, 0) is 38.1 Å². The SMILES string of the molecule is CCCCC(COC)NCC1CC=CCC1. The van der Waals surface area contributed by atoms with Crippen molar-refractivity contribution in [2.45, 2.75) is 51.5 Å². The van der Waals surface area contributed by atoms with Crippen molar-refractivity contribution in [1.29, 1.82) is 0 Å². The first kappa shape index (κ1) is 13.7. The van der Waals surface area contributed by atoms with E-state index in [2.05, 4.69) is 24.4 Å². The summed E-state index contributed by atoms with van der Waals surface area (Å²) in [6.45, 7) is 4.25. The third-order valence-corrected chi connectivity index (χ3v) is 3.35. The van der Waals surface area contributed by atoms with E-state index in [1.165, 1.54) is 38.5 Å². The number of rotatable bonds is 8. The van der Waals surface area contributed by atoms with Gasteiger partial charge in [0, 0.05) is 13.2 Å². The predicted molar refractivity (Wildman–Crippen MR) is 69.7 cm³/mol. The Kier molecular flexibility index (Phi) is 7.52. The molecule has 0 saturated carbocycles. The minimum Gasteiger partial charge on any atom is -0.383 e. The average molecular weight is 225 g/mol. The van der Waals surface area contributed by atoms with Gasteiger partial charge in [-0.1, -0.05) is 31.9 Å². The van der Waals surface area contributed by atoms with Crippen LogP contribution in [0.25, 0.3) is 0 Å². The molecule has 2 heteroatoms. The van der Waals surface area contributed by atoms with Gasteiger partial charge in [-0.25, -0.2) is 0 Å². The highest BCUT2D eigenvalue weighted by atomic mass is 16.5. The fourth-order valence-corrected chi connectivity index (χ4v) is 2.27. The summed E-state index contributed by atoms with van der Waals surface area (Å²) in [4.78, 5) is 0. The van der Waals surface area contributed by atoms with E-state index in [9.17, 15) is 0 Å². The van der Waals surface area contributed by atoms with E-state index in [1.807, 2.05) is 0 Å². The first-order valence-electron chi connectivity index (χ1n) is 6.74. The van der Waals surface area contributed by atoms with Crippen molar-refractivity contribution in [3.05, 3.63) is 12.2 Å². The Labute approximate surface area is 100 Å². The lowest BCUT2D eigenvalue weighted by molar-refractivity contribution is 0.158. The molecule has 1 aliphatic rings. The molecule has 0 spiro atoms. The number of methoxy groups -OCH3 is 1. The van der Waals surface area contributed by atoms with Crippen LogP contribution in [0.2, 0.25) is 0 Å². The summed E-state index contributed by atoms with van der Waals surface area (Å²) in [5.41, 5.74) is 0. The monoisotopic (exact) mass is 225 g/mol. The molecular formula is C14H27NO. The molecule has 1 aliphatic carbocycles. The molecule has 94 valence electrons. The number of nitrogens with one attached hydrogen (secondary N) is 1. The second-order valence-corrected chi connectivity index (χ2v) is 4.85. The molecule has 0 aromatic rings. The van der Waals surface area contributed by atoms with Crippen molar-refractivity contribution in [2.75, 3.05) is 20.3 Å². The molecule has 0 fully saturated rings. The Hall–Kier alpha value is -0.340. The van der Waals surface area contributed by atoms with Gasteiger partial charge in [0.2, 0.25) is 0 Å². The lowest BCUT2D eigenvalue weighted by Crippen LogP contribution is -2.36. The quantitative estimate of drug-likeness (QED) is 0.641. The molecule has 0 aliphatic heterocycles. The Morgan fingerprint density at radius 2 is 2.31 bits per heavy atom. The van der Waals surface area contributed by atoms with Gasteiger partial charge in [0.25, 0.3) is 0 Å². The van der Waals surface area contributed by atoms with Crippen LogP contribution in [0.5, 0.6) is 0 Å². The Morgan fingerprint density at radius 3 is 2.94 bits per heavy atom. The predicted octanol–water partition coefficient (Wildman–Crippen LogP) is 3.14. The molecule has 1 rings (SSSR count). The number of allylic oxidation sites excluding steroid dienone is 2. The molecular weight excluding hydrogens is 198 g/mol. The summed E-state index contributed by atoms with van der Waals surface area (Å²) in [6.07, 6.45) is 12.3. The Balaban J connectivity index is 2.17. The summed E-state index contributed by atoms with van der Waals surface area (Å²) in [7, 11) is 1.80. The van der Waals surface area contributed by atoms with Gasteiger partial charge >= 0.3 is 0 Å².